The van der Waals surface area contributed by atoms with E-state index in [-0.39, 0.29) is 5.91 Å². The molecule has 1 aliphatic heterocycles. The van der Waals surface area contributed by atoms with E-state index in [4.69, 9.17) is 0 Å². The van der Waals surface area contributed by atoms with E-state index in [9.17, 15) is 4.79 Å². The van der Waals surface area contributed by atoms with E-state index in [1.54, 1.807) is 18.3 Å². The van der Waals surface area contributed by atoms with Gasteiger partial charge in [-0.3, -0.25) is 9.79 Å². The van der Waals surface area contributed by atoms with Crippen molar-refractivity contribution in [1.29, 1.82) is 0 Å². The lowest BCUT2D eigenvalue weighted by Gasteiger charge is -2.36. The molecule has 0 aromatic carbocycles. The lowest BCUT2D eigenvalue weighted by molar-refractivity contribution is -0.130. The van der Waals surface area contributed by atoms with Crippen LogP contribution in [0.4, 0.5) is 0 Å². The van der Waals surface area contributed by atoms with E-state index in [1.165, 1.54) is 4.88 Å². The van der Waals surface area contributed by atoms with Gasteiger partial charge in [-0.2, -0.15) is 0 Å². The molecule has 1 saturated heterocycles. The molecule has 2 heterocycles. The summed E-state index contributed by atoms with van der Waals surface area (Å²) in [6, 6.07) is 4.59. The highest BCUT2D eigenvalue weighted by molar-refractivity contribution is 7.10. The summed E-state index contributed by atoms with van der Waals surface area (Å²) >= 11 is 1.78. The van der Waals surface area contributed by atoms with Gasteiger partial charge in [0, 0.05) is 51.6 Å². The minimum atomic E-state index is 0.151. The number of hydrogen-bond acceptors (Lipinski definition) is 4. The minimum Gasteiger partial charge on any atom is -0.354 e. The van der Waals surface area contributed by atoms with Crippen LogP contribution >= 0.6 is 11.3 Å². The van der Waals surface area contributed by atoms with Crippen LogP contribution in [-0.2, 0) is 4.79 Å². The lowest BCUT2D eigenvalue weighted by Crippen LogP contribution is -2.54. The van der Waals surface area contributed by atoms with Crippen LogP contribution in [0.1, 0.15) is 17.8 Å². The van der Waals surface area contributed by atoms with Crippen molar-refractivity contribution in [3.63, 3.8) is 0 Å². The predicted molar refractivity (Wildman–Crippen MR) is 95.9 cm³/mol. The van der Waals surface area contributed by atoms with E-state index < -0.39 is 0 Å². The second-order valence-electron chi connectivity index (χ2n) is 5.92. The molecule has 1 unspecified atom stereocenters. The van der Waals surface area contributed by atoms with E-state index in [2.05, 4.69) is 51.7 Å². The van der Waals surface area contributed by atoms with Gasteiger partial charge < -0.3 is 20.0 Å². The predicted octanol–water partition coefficient (Wildman–Crippen LogP) is 1.09. The van der Waals surface area contributed by atoms with Gasteiger partial charge >= 0.3 is 0 Å². The van der Waals surface area contributed by atoms with Crippen LogP contribution in [0.2, 0.25) is 0 Å². The number of nitrogens with zero attached hydrogens (tertiary/aromatic N) is 4. The van der Waals surface area contributed by atoms with Crippen LogP contribution < -0.4 is 5.32 Å². The number of amides is 1. The molecule has 1 aromatic heterocycles. The molecule has 0 bridgehead atoms. The molecule has 0 saturated carbocycles. The van der Waals surface area contributed by atoms with Crippen LogP contribution in [0, 0.1) is 0 Å². The first-order valence-electron chi connectivity index (χ1n) is 7.94. The van der Waals surface area contributed by atoms with E-state index in [1.807, 2.05) is 11.9 Å². The molecule has 1 aliphatic rings. The van der Waals surface area contributed by atoms with Gasteiger partial charge in [-0.25, -0.2) is 0 Å². The number of carbonyl (C=O) groups is 1. The number of hydrogen-bond donors (Lipinski definition) is 1. The van der Waals surface area contributed by atoms with Crippen molar-refractivity contribution in [2.45, 2.75) is 13.0 Å². The smallest absolute Gasteiger partial charge is 0.219 e. The van der Waals surface area contributed by atoms with Gasteiger partial charge in [0.25, 0.3) is 0 Å². The van der Waals surface area contributed by atoms with Gasteiger partial charge in [0.1, 0.15) is 0 Å². The topological polar surface area (TPSA) is 51.2 Å². The molecule has 1 aromatic rings. The van der Waals surface area contributed by atoms with Crippen molar-refractivity contribution in [3.05, 3.63) is 22.4 Å². The maximum Gasteiger partial charge on any atom is 0.219 e. The van der Waals surface area contributed by atoms with Gasteiger partial charge in [0.15, 0.2) is 5.96 Å². The van der Waals surface area contributed by atoms with Crippen molar-refractivity contribution in [2.75, 3.05) is 53.9 Å². The molecule has 1 N–H and O–H groups in total. The molecule has 0 aliphatic carbocycles. The van der Waals surface area contributed by atoms with E-state index >= 15 is 0 Å². The SMILES string of the molecule is CN=C(NCC(c1cccs1)N(C)C)N1CCN(C(C)=O)CC1. The summed E-state index contributed by atoms with van der Waals surface area (Å²) in [7, 11) is 6.01. The second-order valence-corrected chi connectivity index (χ2v) is 6.90. The maximum absolute atomic E-state index is 11.4. The Kier molecular flexibility index (Phi) is 6.41. The molecule has 0 spiro atoms. The van der Waals surface area contributed by atoms with E-state index in [0.717, 1.165) is 38.7 Å². The number of piperazine rings is 1. The number of nitrogens with one attached hydrogen (secondary N) is 1. The summed E-state index contributed by atoms with van der Waals surface area (Å²) in [5.74, 6) is 1.06. The largest absolute Gasteiger partial charge is 0.354 e. The van der Waals surface area contributed by atoms with Crippen molar-refractivity contribution >= 4 is 23.2 Å². The molecular formula is C16H27N5OS. The minimum absolute atomic E-state index is 0.151. The summed E-state index contributed by atoms with van der Waals surface area (Å²) in [6.07, 6.45) is 0. The fourth-order valence-corrected chi connectivity index (χ4v) is 3.69. The Labute approximate surface area is 142 Å². The molecule has 0 radical (unpaired) electrons. The summed E-state index contributed by atoms with van der Waals surface area (Å²) in [4.78, 5) is 23.5. The Morgan fingerprint density at radius 3 is 2.48 bits per heavy atom. The highest BCUT2D eigenvalue weighted by Crippen LogP contribution is 2.22. The molecule has 7 heteroatoms. The maximum atomic E-state index is 11.4. The molecular weight excluding hydrogens is 310 g/mol. The summed E-state index contributed by atoms with van der Waals surface area (Å²) in [6.45, 7) is 5.62. The Hall–Kier alpha value is -1.60. The first-order valence-corrected chi connectivity index (χ1v) is 8.81. The summed E-state index contributed by atoms with van der Waals surface area (Å²) in [5.41, 5.74) is 0. The van der Waals surface area contributed by atoms with Crippen LogP contribution in [-0.4, -0.2) is 80.4 Å². The number of guanidine groups is 1. The highest BCUT2D eigenvalue weighted by Gasteiger charge is 2.22. The summed E-state index contributed by atoms with van der Waals surface area (Å²) < 4.78 is 0. The number of rotatable bonds is 4. The zero-order chi connectivity index (χ0) is 16.8. The molecule has 6 nitrogen and oxygen atoms in total. The Balaban J connectivity index is 1.91. The van der Waals surface area contributed by atoms with Gasteiger partial charge in [-0.05, 0) is 25.5 Å². The highest BCUT2D eigenvalue weighted by atomic mass is 32.1. The Morgan fingerprint density at radius 1 is 1.35 bits per heavy atom. The van der Waals surface area contributed by atoms with Crippen molar-refractivity contribution < 1.29 is 4.79 Å². The van der Waals surface area contributed by atoms with Crippen LogP contribution in [0.3, 0.4) is 0 Å². The average molecular weight is 337 g/mol. The molecule has 1 amide bonds. The monoisotopic (exact) mass is 337 g/mol. The molecule has 128 valence electrons. The molecule has 23 heavy (non-hydrogen) atoms. The number of carbonyl (C=O) groups excluding carboxylic acids is 1. The van der Waals surface area contributed by atoms with Crippen molar-refractivity contribution in [2.24, 2.45) is 4.99 Å². The van der Waals surface area contributed by atoms with Gasteiger partial charge in [0.2, 0.25) is 5.91 Å². The van der Waals surface area contributed by atoms with Crippen LogP contribution in [0.5, 0.6) is 0 Å². The first-order chi connectivity index (χ1) is 11.0. The molecule has 2 rings (SSSR count). The lowest BCUT2D eigenvalue weighted by atomic mass is 10.2. The van der Waals surface area contributed by atoms with Gasteiger partial charge in [-0.1, -0.05) is 6.07 Å². The quantitative estimate of drug-likeness (QED) is 0.660. The number of likely N-dealkylation sites (N-methyl/N-ethyl adjacent to an activating group) is 1. The third-order valence-corrected chi connectivity index (χ3v) is 5.16. The fourth-order valence-electron chi connectivity index (χ4n) is 2.77. The fraction of sp³-hybridized carbons (Fsp3) is 0.625. The standard InChI is InChI=1S/C16H27N5OS/c1-13(22)20-7-9-21(10-8-20)16(17-2)18-12-14(19(3)4)15-6-5-11-23-15/h5-6,11,14H,7-10,12H2,1-4H3,(H,17,18). The first kappa shape index (κ1) is 17.7. The Morgan fingerprint density at radius 2 is 2.00 bits per heavy atom. The normalized spacial score (nSPS) is 17.5. The van der Waals surface area contributed by atoms with Crippen molar-refractivity contribution in [3.8, 4) is 0 Å². The van der Waals surface area contributed by atoms with Crippen LogP contribution in [0.15, 0.2) is 22.5 Å². The van der Waals surface area contributed by atoms with Gasteiger partial charge in [0.05, 0.1) is 6.04 Å². The van der Waals surface area contributed by atoms with E-state index in [0.29, 0.717) is 6.04 Å². The second kappa shape index (κ2) is 8.31. The number of aliphatic imine (C=N–C) groups is 1. The third kappa shape index (κ3) is 4.68. The van der Waals surface area contributed by atoms with Gasteiger partial charge in [-0.15, -0.1) is 11.3 Å². The third-order valence-electron chi connectivity index (χ3n) is 4.18. The Bertz CT molecular complexity index is 521. The summed E-state index contributed by atoms with van der Waals surface area (Å²) in [5, 5.41) is 5.60. The molecule has 1 atom stereocenters. The molecule has 1 fully saturated rings. The average Bonchev–Trinajstić information content (AvgIpc) is 3.05. The zero-order valence-corrected chi connectivity index (χ0v) is 15.3. The number of thiophene rings is 1. The van der Waals surface area contributed by atoms with Crippen molar-refractivity contribution in [1.82, 2.24) is 20.0 Å². The zero-order valence-electron chi connectivity index (χ0n) is 14.5. The van der Waals surface area contributed by atoms with Crippen LogP contribution in [0.25, 0.3) is 0 Å².